The molecule has 0 saturated carbocycles. The first kappa shape index (κ1) is 15.1. The molecule has 1 aromatic carbocycles. The highest BCUT2D eigenvalue weighted by atomic mass is 19.1. The molecule has 22 heavy (non-hydrogen) atoms. The molecule has 1 aromatic rings. The Morgan fingerprint density at radius 2 is 2.00 bits per heavy atom. The van der Waals surface area contributed by atoms with Gasteiger partial charge in [0.25, 0.3) is 6.57 Å². The quantitative estimate of drug-likeness (QED) is 0.925. The number of hydrogen-bond acceptors (Lipinski definition) is 4. The van der Waals surface area contributed by atoms with Crippen LogP contribution in [-0.4, -0.2) is 48.9 Å². The Morgan fingerprint density at radius 1 is 1.27 bits per heavy atom. The first-order chi connectivity index (χ1) is 10.7. The maximum atomic E-state index is 14.1. The Morgan fingerprint density at radius 3 is 2.73 bits per heavy atom. The number of fused-ring (bicyclic) bond motifs is 1. The molecule has 2 atom stereocenters. The van der Waals surface area contributed by atoms with Gasteiger partial charge in [-0.3, -0.25) is 4.90 Å². The van der Waals surface area contributed by atoms with E-state index in [-0.39, 0.29) is 5.75 Å². The molecule has 5 nitrogen and oxygen atoms in total. The summed E-state index contributed by atoms with van der Waals surface area (Å²) in [5.74, 6) is -0.122. The van der Waals surface area contributed by atoms with Gasteiger partial charge in [0.15, 0.2) is 23.4 Å². The summed E-state index contributed by atoms with van der Waals surface area (Å²) in [7, 11) is 0. The van der Waals surface area contributed by atoms with Gasteiger partial charge in [-0.25, -0.2) is 4.39 Å². The average molecular weight is 307 g/mol. The van der Waals surface area contributed by atoms with Gasteiger partial charge in [0.05, 0.1) is 6.54 Å². The molecule has 1 saturated heterocycles. The Hall–Kier alpha value is -1.84. The van der Waals surface area contributed by atoms with Crippen molar-refractivity contribution in [2.24, 2.45) is 0 Å². The molecule has 1 fully saturated rings. The number of likely N-dealkylation sites (tertiary alicyclic amines) is 1. The minimum Gasteiger partial charge on any atom is -0.486 e. The Kier molecular flexibility index (Phi) is 4.46. The highest BCUT2D eigenvalue weighted by molar-refractivity contribution is 5.46. The maximum absolute atomic E-state index is 14.1. The first-order valence-corrected chi connectivity index (χ1v) is 7.58. The normalized spacial score (nSPS) is 20.4. The molecule has 0 spiro atoms. The second-order valence-corrected chi connectivity index (χ2v) is 5.70. The van der Waals surface area contributed by atoms with Gasteiger partial charge in [-0.05, 0) is 43.6 Å². The number of ether oxygens (including phenoxy) is 2. The van der Waals surface area contributed by atoms with Crippen molar-refractivity contribution >= 4 is 0 Å². The van der Waals surface area contributed by atoms with Crippen LogP contribution in [0.25, 0.3) is 4.85 Å². The van der Waals surface area contributed by atoms with E-state index in [0.29, 0.717) is 31.1 Å². The molecule has 0 aromatic heterocycles. The SMILES string of the molecule is C#[N+][C@H](CN1CCCC1)[C@H](O)c1cc(F)c2c(c1)OCCO2. The zero-order valence-electron chi connectivity index (χ0n) is 12.4. The molecule has 6 heteroatoms. The topological polar surface area (TPSA) is 46.3 Å². The summed E-state index contributed by atoms with van der Waals surface area (Å²) in [5, 5.41) is 10.5. The van der Waals surface area contributed by atoms with Crippen molar-refractivity contribution in [2.45, 2.75) is 25.0 Å². The molecule has 0 bridgehead atoms. The van der Waals surface area contributed by atoms with Gasteiger partial charge in [-0.2, -0.15) is 0 Å². The van der Waals surface area contributed by atoms with Gasteiger partial charge in [-0.15, -0.1) is 0 Å². The molecule has 2 aliphatic heterocycles. The van der Waals surface area contributed by atoms with Gasteiger partial charge in [0.1, 0.15) is 13.2 Å². The fourth-order valence-electron chi connectivity index (χ4n) is 2.98. The van der Waals surface area contributed by atoms with Crippen LogP contribution in [0.3, 0.4) is 0 Å². The molecule has 2 aliphatic rings. The molecule has 2 heterocycles. The highest BCUT2D eigenvalue weighted by Gasteiger charge is 2.33. The molecular weight excluding hydrogens is 287 g/mol. The predicted molar refractivity (Wildman–Crippen MR) is 80.1 cm³/mol. The summed E-state index contributed by atoms with van der Waals surface area (Å²) in [6, 6.07) is 2.37. The monoisotopic (exact) mass is 307 g/mol. The summed E-state index contributed by atoms with van der Waals surface area (Å²) in [6.07, 6.45) is 1.31. The van der Waals surface area contributed by atoms with Gasteiger partial charge >= 0.3 is 6.04 Å². The van der Waals surface area contributed by atoms with Crippen molar-refractivity contribution in [3.63, 3.8) is 0 Å². The van der Waals surface area contributed by atoms with Gasteiger partial charge in [0.2, 0.25) is 0 Å². The fourth-order valence-corrected chi connectivity index (χ4v) is 2.98. The molecule has 0 unspecified atom stereocenters. The molecule has 0 amide bonds. The van der Waals surface area contributed by atoms with Gasteiger partial charge < -0.3 is 14.6 Å². The second kappa shape index (κ2) is 6.51. The largest absolute Gasteiger partial charge is 0.486 e. The molecule has 0 aliphatic carbocycles. The molecule has 3 rings (SSSR count). The number of aliphatic hydroxyl groups is 1. The van der Waals surface area contributed by atoms with Crippen LogP contribution in [-0.2, 0) is 0 Å². The van der Waals surface area contributed by atoms with Crippen LogP contribution in [0.4, 0.5) is 4.39 Å². The van der Waals surface area contributed by atoms with Crippen molar-refractivity contribution in [1.29, 1.82) is 0 Å². The summed E-state index contributed by atoms with van der Waals surface area (Å²) in [4.78, 5) is 5.99. The lowest BCUT2D eigenvalue weighted by molar-refractivity contribution is 0.136. The Labute approximate surface area is 129 Å². The van der Waals surface area contributed by atoms with Gasteiger partial charge in [0, 0.05) is 0 Å². The number of nitrogens with zero attached hydrogens (tertiary/aromatic N) is 2. The summed E-state index contributed by atoms with van der Waals surface area (Å²) in [5.41, 5.74) is 0.403. The van der Waals surface area contributed by atoms with E-state index in [1.54, 1.807) is 6.07 Å². The molecule has 1 N–H and O–H groups in total. The van der Waals surface area contributed by atoms with E-state index in [9.17, 15) is 9.50 Å². The minimum atomic E-state index is -0.976. The third-order valence-corrected chi connectivity index (χ3v) is 4.16. The van der Waals surface area contributed by atoms with E-state index >= 15 is 0 Å². The van der Waals surface area contributed by atoms with Crippen molar-refractivity contribution in [3.8, 4) is 18.1 Å². The van der Waals surface area contributed by atoms with Crippen LogP contribution in [0.15, 0.2) is 12.1 Å². The predicted octanol–water partition coefficient (Wildman–Crippen LogP) is 2.06. The van der Waals surface area contributed by atoms with Crippen molar-refractivity contribution in [1.82, 2.24) is 4.90 Å². The molecular formula is C16H20FN2O3+. The van der Waals surface area contributed by atoms with Crippen molar-refractivity contribution in [2.75, 3.05) is 32.8 Å². The molecule has 118 valence electrons. The van der Waals surface area contributed by atoms with Crippen LogP contribution in [0.5, 0.6) is 11.5 Å². The van der Waals surface area contributed by atoms with Crippen molar-refractivity contribution in [3.05, 3.63) is 28.4 Å². The van der Waals surface area contributed by atoms with Crippen LogP contribution in [0.1, 0.15) is 24.5 Å². The smallest absolute Gasteiger partial charge is 0.313 e. The number of benzene rings is 1. The highest BCUT2D eigenvalue weighted by Crippen LogP contribution is 2.36. The third kappa shape index (κ3) is 3.01. The molecule has 0 radical (unpaired) electrons. The summed E-state index contributed by atoms with van der Waals surface area (Å²) < 4.78 is 24.7. The second-order valence-electron chi connectivity index (χ2n) is 5.70. The minimum absolute atomic E-state index is 0.1000. The number of aliphatic hydroxyl groups excluding tert-OH is 1. The lowest BCUT2D eigenvalue weighted by Gasteiger charge is -2.22. The fraction of sp³-hybridized carbons (Fsp3) is 0.562. The lowest BCUT2D eigenvalue weighted by Crippen LogP contribution is -2.32. The van der Waals surface area contributed by atoms with E-state index in [4.69, 9.17) is 16.0 Å². The summed E-state index contributed by atoms with van der Waals surface area (Å²) >= 11 is 0. The van der Waals surface area contributed by atoms with Crippen molar-refractivity contribution < 1.29 is 19.0 Å². The maximum Gasteiger partial charge on any atom is 0.313 e. The van der Waals surface area contributed by atoms with Crippen LogP contribution >= 0.6 is 0 Å². The summed E-state index contributed by atoms with van der Waals surface area (Å²) in [6.45, 7) is 8.66. The number of rotatable bonds is 4. The van der Waals surface area contributed by atoms with Crippen LogP contribution in [0, 0.1) is 12.4 Å². The lowest BCUT2D eigenvalue weighted by atomic mass is 10.0. The zero-order valence-corrected chi connectivity index (χ0v) is 12.4. The average Bonchev–Trinajstić information content (AvgIpc) is 3.05. The third-order valence-electron chi connectivity index (χ3n) is 4.16. The van der Waals surface area contributed by atoms with Crippen LogP contribution in [0.2, 0.25) is 0 Å². The van der Waals surface area contributed by atoms with Crippen LogP contribution < -0.4 is 9.47 Å². The van der Waals surface area contributed by atoms with E-state index < -0.39 is 18.0 Å². The first-order valence-electron chi connectivity index (χ1n) is 7.58. The van der Waals surface area contributed by atoms with Gasteiger partial charge in [-0.1, -0.05) is 4.85 Å². The van der Waals surface area contributed by atoms with E-state index in [1.807, 2.05) is 0 Å². The van der Waals surface area contributed by atoms with E-state index in [2.05, 4.69) is 9.74 Å². The Bertz CT molecular complexity index is 581. The van der Waals surface area contributed by atoms with E-state index in [0.717, 1.165) is 25.9 Å². The van der Waals surface area contributed by atoms with E-state index in [1.165, 1.54) is 6.07 Å². The number of halogens is 1. The standard InChI is InChI=1S/C16H20FN2O3/c1-18-13(10-19-4-2-3-5-19)15(20)11-8-12(17)16-14(9-11)21-6-7-22-16/h1,8-9,13,15,20H,2-7,10H2/q+1/t13-,15-/m1/s1. The zero-order chi connectivity index (χ0) is 15.5. The Balaban J connectivity index is 1.79. The number of hydrogen-bond donors (Lipinski definition) is 1.